The van der Waals surface area contributed by atoms with Crippen molar-refractivity contribution >= 4 is 18.0 Å². The number of morpholine rings is 1. The number of methoxy groups -OCH3 is 2. The lowest BCUT2D eigenvalue weighted by Gasteiger charge is -2.25. The van der Waals surface area contributed by atoms with Crippen LogP contribution in [-0.2, 0) is 4.74 Å². The molecule has 1 saturated heterocycles. The second kappa shape index (κ2) is 9.75. The van der Waals surface area contributed by atoms with Crippen molar-refractivity contribution in [2.75, 3.05) is 40.5 Å². The van der Waals surface area contributed by atoms with Gasteiger partial charge in [-0.15, -0.1) is 0 Å². The van der Waals surface area contributed by atoms with Crippen LogP contribution in [0.4, 0.5) is 4.79 Å². The molecule has 3 rings (SSSR count). The molecule has 0 radical (unpaired) electrons. The number of ether oxygens (including phenoxy) is 4. The molecule has 2 aromatic rings. The van der Waals surface area contributed by atoms with Crippen LogP contribution in [-0.4, -0.2) is 57.3 Å². The van der Waals surface area contributed by atoms with E-state index in [9.17, 15) is 9.59 Å². The van der Waals surface area contributed by atoms with E-state index in [0.717, 1.165) is 5.56 Å². The first-order chi connectivity index (χ1) is 14.1. The van der Waals surface area contributed by atoms with Crippen molar-refractivity contribution in [2.24, 2.45) is 0 Å². The molecule has 152 valence electrons. The fourth-order valence-electron chi connectivity index (χ4n) is 2.82. The zero-order chi connectivity index (χ0) is 20.6. The Morgan fingerprint density at radius 3 is 2.31 bits per heavy atom. The Hall–Kier alpha value is -3.32. The van der Waals surface area contributed by atoms with Gasteiger partial charge in [-0.25, -0.2) is 4.79 Å². The molecule has 0 unspecified atom stereocenters. The lowest BCUT2D eigenvalue weighted by Crippen LogP contribution is -2.42. The number of hydrogen-bond donors (Lipinski definition) is 0. The predicted octanol–water partition coefficient (Wildman–Crippen LogP) is 3.43. The van der Waals surface area contributed by atoms with Crippen LogP contribution in [0.2, 0.25) is 0 Å². The molecule has 7 heteroatoms. The molecule has 0 aliphatic carbocycles. The van der Waals surface area contributed by atoms with Crippen molar-refractivity contribution in [1.82, 2.24) is 4.90 Å². The second-order valence-electron chi connectivity index (χ2n) is 6.30. The Balaban J connectivity index is 1.62. The highest BCUT2D eigenvalue weighted by molar-refractivity contribution is 6.08. The molecule has 1 heterocycles. The van der Waals surface area contributed by atoms with E-state index in [1.165, 1.54) is 13.2 Å². The summed E-state index contributed by atoms with van der Waals surface area (Å²) in [5.41, 5.74) is 1.25. The summed E-state index contributed by atoms with van der Waals surface area (Å²) in [7, 11) is 3.06. The normalized spacial score (nSPS) is 13.9. The minimum absolute atomic E-state index is 0.188. The third-order valence-corrected chi connectivity index (χ3v) is 4.46. The highest BCUT2D eigenvalue weighted by Crippen LogP contribution is 2.25. The second-order valence-corrected chi connectivity index (χ2v) is 6.30. The zero-order valence-corrected chi connectivity index (χ0v) is 16.4. The van der Waals surface area contributed by atoms with Crippen molar-refractivity contribution in [3.05, 3.63) is 59.7 Å². The molecule has 0 aromatic heterocycles. The number of carbonyl (C=O) groups excluding carboxylic acids is 2. The van der Waals surface area contributed by atoms with Gasteiger partial charge >= 0.3 is 6.09 Å². The van der Waals surface area contributed by atoms with E-state index in [1.54, 1.807) is 60.6 Å². The molecular weight excluding hydrogens is 374 g/mol. The number of amides is 1. The lowest BCUT2D eigenvalue weighted by atomic mass is 10.1. The van der Waals surface area contributed by atoms with Crippen LogP contribution in [0.15, 0.2) is 48.5 Å². The minimum atomic E-state index is -0.390. The summed E-state index contributed by atoms with van der Waals surface area (Å²) in [6.45, 7) is 2.09. The van der Waals surface area contributed by atoms with Crippen molar-refractivity contribution in [3.8, 4) is 17.2 Å². The van der Waals surface area contributed by atoms with Crippen LogP contribution < -0.4 is 14.2 Å². The van der Waals surface area contributed by atoms with E-state index >= 15 is 0 Å². The summed E-state index contributed by atoms with van der Waals surface area (Å²) < 4.78 is 21.0. The van der Waals surface area contributed by atoms with Gasteiger partial charge in [-0.2, -0.15) is 0 Å². The molecule has 0 atom stereocenters. The largest absolute Gasteiger partial charge is 0.497 e. The monoisotopic (exact) mass is 397 g/mol. The Morgan fingerprint density at radius 1 is 0.966 bits per heavy atom. The van der Waals surface area contributed by atoms with Gasteiger partial charge < -0.3 is 23.8 Å². The molecule has 0 spiro atoms. The van der Waals surface area contributed by atoms with Gasteiger partial charge in [-0.3, -0.25) is 4.79 Å². The fourth-order valence-corrected chi connectivity index (χ4v) is 2.82. The highest BCUT2D eigenvalue weighted by atomic mass is 16.6. The van der Waals surface area contributed by atoms with Crippen LogP contribution in [0, 0.1) is 0 Å². The number of hydrogen-bond acceptors (Lipinski definition) is 6. The summed E-state index contributed by atoms with van der Waals surface area (Å²) in [6, 6.07) is 12.0. The first kappa shape index (κ1) is 20.4. The average Bonchev–Trinajstić information content (AvgIpc) is 2.78. The van der Waals surface area contributed by atoms with Gasteiger partial charge in [-0.1, -0.05) is 18.2 Å². The third kappa shape index (κ3) is 5.36. The van der Waals surface area contributed by atoms with Crippen molar-refractivity contribution < 1.29 is 28.5 Å². The number of ketones is 1. The highest BCUT2D eigenvalue weighted by Gasteiger charge is 2.18. The maximum Gasteiger partial charge on any atom is 0.415 e. The summed E-state index contributed by atoms with van der Waals surface area (Å²) >= 11 is 0. The summed E-state index contributed by atoms with van der Waals surface area (Å²) in [5, 5.41) is 0. The molecule has 0 saturated carbocycles. The molecule has 1 aliphatic heterocycles. The molecular formula is C22H23NO6. The number of carbonyl (C=O) groups is 2. The average molecular weight is 397 g/mol. The maximum atomic E-state index is 12.5. The van der Waals surface area contributed by atoms with Crippen LogP contribution in [0.1, 0.15) is 15.9 Å². The zero-order valence-electron chi connectivity index (χ0n) is 16.4. The van der Waals surface area contributed by atoms with Gasteiger partial charge in [0.25, 0.3) is 0 Å². The first-order valence-electron chi connectivity index (χ1n) is 9.19. The number of allylic oxidation sites excluding steroid dienone is 1. The molecule has 7 nitrogen and oxygen atoms in total. The van der Waals surface area contributed by atoms with Gasteiger partial charge in [0.05, 0.1) is 33.0 Å². The number of benzene rings is 2. The Labute approximate surface area is 169 Å². The molecule has 1 amide bonds. The van der Waals surface area contributed by atoms with E-state index in [2.05, 4.69) is 0 Å². The molecule has 2 aromatic carbocycles. The lowest BCUT2D eigenvalue weighted by molar-refractivity contribution is 0.0416. The van der Waals surface area contributed by atoms with Crippen LogP contribution in [0.25, 0.3) is 6.08 Å². The van der Waals surface area contributed by atoms with Crippen LogP contribution >= 0.6 is 0 Å². The Morgan fingerprint density at radius 2 is 1.66 bits per heavy atom. The van der Waals surface area contributed by atoms with Crippen molar-refractivity contribution in [2.45, 2.75) is 0 Å². The van der Waals surface area contributed by atoms with Crippen LogP contribution in [0.5, 0.6) is 17.2 Å². The molecule has 0 bridgehead atoms. The predicted molar refractivity (Wildman–Crippen MR) is 108 cm³/mol. The van der Waals surface area contributed by atoms with E-state index in [1.807, 2.05) is 0 Å². The summed E-state index contributed by atoms with van der Waals surface area (Å²) in [6.07, 6.45) is 2.77. The quantitative estimate of drug-likeness (QED) is 0.549. The fraction of sp³-hybridized carbons (Fsp3) is 0.273. The maximum absolute atomic E-state index is 12.5. The Bertz CT molecular complexity index is 885. The Kier molecular flexibility index (Phi) is 6.86. The molecule has 1 fully saturated rings. The topological polar surface area (TPSA) is 74.3 Å². The standard InChI is InChI=1S/C22H23NO6/c1-26-18-8-9-19(21(15-18)27-2)20(24)10-5-16-3-6-17(7-4-16)29-22(25)23-11-13-28-14-12-23/h3-10,15H,11-14H2,1-2H3/b10-5+. The van der Waals surface area contributed by atoms with E-state index in [-0.39, 0.29) is 5.78 Å². The van der Waals surface area contributed by atoms with Gasteiger partial charge in [0, 0.05) is 19.2 Å². The van der Waals surface area contributed by atoms with E-state index in [4.69, 9.17) is 18.9 Å². The molecule has 0 N–H and O–H groups in total. The van der Waals surface area contributed by atoms with Gasteiger partial charge in [0.15, 0.2) is 5.78 Å². The first-order valence-corrected chi connectivity index (χ1v) is 9.19. The summed E-state index contributed by atoms with van der Waals surface area (Å²) in [4.78, 5) is 26.2. The van der Waals surface area contributed by atoms with Gasteiger partial charge in [0.1, 0.15) is 17.2 Å². The molecule has 1 aliphatic rings. The minimum Gasteiger partial charge on any atom is -0.497 e. The van der Waals surface area contributed by atoms with E-state index in [0.29, 0.717) is 49.1 Å². The van der Waals surface area contributed by atoms with Crippen LogP contribution in [0.3, 0.4) is 0 Å². The van der Waals surface area contributed by atoms with Crippen molar-refractivity contribution in [3.63, 3.8) is 0 Å². The van der Waals surface area contributed by atoms with Gasteiger partial charge in [0.2, 0.25) is 0 Å². The molecule has 29 heavy (non-hydrogen) atoms. The number of nitrogens with zero attached hydrogens (tertiary/aromatic N) is 1. The smallest absolute Gasteiger partial charge is 0.415 e. The number of rotatable bonds is 6. The van der Waals surface area contributed by atoms with Gasteiger partial charge in [-0.05, 0) is 35.9 Å². The SMILES string of the molecule is COc1ccc(C(=O)/C=C/c2ccc(OC(=O)N3CCOCC3)cc2)c(OC)c1. The summed E-state index contributed by atoms with van der Waals surface area (Å²) in [5.74, 6) is 1.32. The third-order valence-electron chi connectivity index (χ3n) is 4.46. The van der Waals surface area contributed by atoms with E-state index < -0.39 is 6.09 Å². The van der Waals surface area contributed by atoms with Crippen molar-refractivity contribution in [1.29, 1.82) is 0 Å².